The van der Waals surface area contributed by atoms with Crippen LogP contribution < -0.4 is 5.32 Å². The van der Waals surface area contributed by atoms with Gasteiger partial charge in [-0.2, -0.15) is 0 Å². The number of nitrogens with zero attached hydrogens (tertiary/aromatic N) is 2. The van der Waals surface area contributed by atoms with E-state index in [0.29, 0.717) is 5.95 Å². The maximum Gasteiger partial charge on any atom is 0.223 e. The molecular weight excluding hydrogens is 214 g/mol. The molecule has 0 aliphatic heterocycles. The molecule has 0 fully saturated rings. The van der Waals surface area contributed by atoms with Gasteiger partial charge in [-0.3, -0.25) is 0 Å². The molecule has 0 spiro atoms. The Hall–Kier alpha value is -1.94. The van der Waals surface area contributed by atoms with Gasteiger partial charge in [-0.05, 0) is 18.1 Å². The van der Waals surface area contributed by atoms with Crippen LogP contribution in [-0.2, 0) is 0 Å². The summed E-state index contributed by atoms with van der Waals surface area (Å²) in [6.45, 7) is 1.94. The van der Waals surface area contributed by atoms with Crippen molar-refractivity contribution in [1.82, 2.24) is 9.97 Å². The fourth-order valence-electron chi connectivity index (χ4n) is 1.54. The van der Waals surface area contributed by atoms with Crippen molar-refractivity contribution in [3.05, 3.63) is 53.9 Å². The summed E-state index contributed by atoms with van der Waals surface area (Å²) in [6, 6.07) is 9.56. The average Bonchev–Trinajstić information content (AvgIpc) is 2.39. The second kappa shape index (κ2) is 5.41. The molecule has 0 aliphatic rings. The molecule has 1 atom stereocenters. The molecule has 0 saturated heterocycles. The van der Waals surface area contributed by atoms with Gasteiger partial charge in [-0.1, -0.05) is 30.3 Å². The van der Waals surface area contributed by atoms with Gasteiger partial charge in [0.2, 0.25) is 5.95 Å². The van der Waals surface area contributed by atoms with Crippen LogP contribution in [0.25, 0.3) is 0 Å². The number of rotatable bonds is 4. The van der Waals surface area contributed by atoms with Gasteiger partial charge in [0, 0.05) is 12.4 Å². The smallest absolute Gasteiger partial charge is 0.223 e. The number of nitrogens with one attached hydrogen (secondary N) is 1. The summed E-state index contributed by atoms with van der Waals surface area (Å²) < 4.78 is 0. The Morgan fingerprint density at radius 1 is 1.18 bits per heavy atom. The van der Waals surface area contributed by atoms with Crippen molar-refractivity contribution in [2.24, 2.45) is 0 Å². The number of aryl methyl sites for hydroxylation is 1. The standard InChI is InChI=1S/C13H15N3O/c1-10-7-14-13(15-8-10)16-12(9-17)11-5-3-2-4-6-11/h2-8,12,17H,9H2,1H3,(H,14,15,16). The van der Waals surface area contributed by atoms with Crippen LogP contribution in [0.4, 0.5) is 5.95 Å². The summed E-state index contributed by atoms with van der Waals surface area (Å²) >= 11 is 0. The Labute approximate surface area is 100 Å². The lowest BCUT2D eigenvalue weighted by molar-refractivity contribution is 0.276. The molecule has 17 heavy (non-hydrogen) atoms. The second-order valence-corrected chi connectivity index (χ2v) is 3.87. The summed E-state index contributed by atoms with van der Waals surface area (Å²) in [6.07, 6.45) is 3.49. The number of aliphatic hydroxyl groups is 1. The Morgan fingerprint density at radius 2 is 1.82 bits per heavy atom. The van der Waals surface area contributed by atoms with Gasteiger partial charge in [0.05, 0.1) is 12.6 Å². The predicted octanol–water partition coefficient (Wildman–Crippen LogP) is 1.93. The molecule has 1 unspecified atom stereocenters. The third-order valence-corrected chi connectivity index (χ3v) is 2.47. The summed E-state index contributed by atoms with van der Waals surface area (Å²) in [5.41, 5.74) is 2.02. The minimum atomic E-state index is -0.182. The van der Waals surface area contributed by atoms with Crippen LogP contribution >= 0.6 is 0 Å². The van der Waals surface area contributed by atoms with E-state index in [4.69, 9.17) is 0 Å². The van der Waals surface area contributed by atoms with Crippen LogP contribution in [0.15, 0.2) is 42.7 Å². The third-order valence-electron chi connectivity index (χ3n) is 2.47. The summed E-state index contributed by atoms with van der Waals surface area (Å²) in [5.74, 6) is 0.526. The fourth-order valence-corrected chi connectivity index (χ4v) is 1.54. The van der Waals surface area contributed by atoms with E-state index in [1.807, 2.05) is 37.3 Å². The van der Waals surface area contributed by atoms with E-state index in [-0.39, 0.29) is 12.6 Å². The van der Waals surface area contributed by atoms with E-state index >= 15 is 0 Å². The van der Waals surface area contributed by atoms with Gasteiger partial charge in [0.25, 0.3) is 0 Å². The van der Waals surface area contributed by atoms with E-state index in [0.717, 1.165) is 11.1 Å². The molecule has 2 N–H and O–H groups in total. The fraction of sp³-hybridized carbons (Fsp3) is 0.231. The van der Waals surface area contributed by atoms with E-state index in [1.165, 1.54) is 0 Å². The van der Waals surface area contributed by atoms with Crippen molar-refractivity contribution in [2.75, 3.05) is 11.9 Å². The summed E-state index contributed by atoms with van der Waals surface area (Å²) in [7, 11) is 0. The highest BCUT2D eigenvalue weighted by Gasteiger charge is 2.10. The van der Waals surface area contributed by atoms with E-state index in [1.54, 1.807) is 12.4 Å². The maximum absolute atomic E-state index is 9.38. The van der Waals surface area contributed by atoms with Gasteiger partial charge >= 0.3 is 0 Å². The van der Waals surface area contributed by atoms with Crippen molar-refractivity contribution >= 4 is 5.95 Å². The van der Waals surface area contributed by atoms with Crippen LogP contribution in [-0.4, -0.2) is 21.7 Å². The first-order chi connectivity index (χ1) is 8.29. The Kier molecular flexibility index (Phi) is 3.67. The quantitative estimate of drug-likeness (QED) is 0.841. The van der Waals surface area contributed by atoms with Crippen LogP contribution in [0, 0.1) is 6.92 Å². The van der Waals surface area contributed by atoms with Gasteiger partial charge in [0.15, 0.2) is 0 Å². The predicted molar refractivity (Wildman–Crippen MR) is 66.7 cm³/mol. The first-order valence-corrected chi connectivity index (χ1v) is 5.50. The molecule has 4 nitrogen and oxygen atoms in total. The van der Waals surface area contributed by atoms with Crippen LogP contribution in [0.2, 0.25) is 0 Å². The molecule has 0 aliphatic carbocycles. The molecule has 4 heteroatoms. The minimum Gasteiger partial charge on any atom is -0.394 e. The lowest BCUT2D eigenvalue weighted by Crippen LogP contribution is -2.16. The molecule has 0 bridgehead atoms. The zero-order valence-corrected chi connectivity index (χ0v) is 9.67. The SMILES string of the molecule is Cc1cnc(NC(CO)c2ccccc2)nc1. The Morgan fingerprint density at radius 3 is 2.41 bits per heavy atom. The summed E-state index contributed by atoms with van der Waals surface area (Å²) in [4.78, 5) is 8.32. The Bertz CT molecular complexity index is 456. The number of benzene rings is 1. The molecule has 88 valence electrons. The van der Waals surface area contributed by atoms with Gasteiger partial charge < -0.3 is 10.4 Å². The van der Waals surface area contributed by atoms with Gasteiger partial charge in [-0.25, -0.2) is 9.97 Å². The largest absolute Gasteiger partial charge is 0.394 e. The summed E-state index contributed by atoms with van der Waals surface area (Å²) in [5, 5.41) is 12.5. The first-order valence-electron chi connectivity index (χ1n) is 5.50. The van der Waals surface area contributed by atoms with Crippen LogP contribution in [0.3, 0.4) is 0 Å². The van der Waals surface area contributed by atoms with Crippen molar-refractivity contribution in [3.63, 3.8) is 0 Å². The molecule has 0 amide bonds. The van der Waals surface area contributed by atoms with Crippen molar-refractivity contribution < 1.29 is 5.11 Å². The minimum absolute atomic E-state index is 0.00124. The Balaban J connectivity index is 2.13. The number of anilines is 1. The van der Waals surface area contributed by atoms with Crippen LogP contribution in [0.5, 0.6) is 0 Å². The first kappa shape index (κ1) is 11.5. The maximum atomic E-state index is 9.38. The normalized spacial score (nSPS) is 12.1. The number of aromatic nitrogens is 2. The van der Waals surface area contributed by atoms with E-state index < -0.39 is 0 Å². The zero-order valence-electron chi connectivity index (χ0n) is 9.67. The van der Waals surface area contributed by atoms with Crippen molar-refractivity contribution in [1.29, 1.82) is 0 Å². The molecule has 2 aromatic rings. The van der Waals surface area contributed by atoms with E-state index in [9.17, 15) is 5.11 Å². The highest BCUT2D eigenvalue weighted by Crippen LogP contribution is 2.16. The van der Waals surface area contributed by atoms with Gasteiger partial charge in [-0.15, -0.1) is 0 Å². The molecule has 1 heterocycles. The monoisotopic (exact) mass is 229 g/mol. The third kappa shape index (κ3) is 3.01. The number of hydrogen-bond acceptors (Lipinski definition) is 4. The molecule has 2 rings (SSSR count). The highest BCUT2D eigenvalue weighted by molar-refractivity contribution is 5.32. The topological polar surface area (TPSA) is 58.0 Å². The zero-order chi connectivity index (χ0) is 12.1. The average molecular weight is 229 g/mol. The molecular formula is C13H15N3O. The molecule has 1 aromatic heterocycles. The lowest BCUT2D eigenvalue weighted by atomic mass is 10.1. The van der Waals surface area contributed by atoms with Crippen LogP contribution in [0.1, 0.15) is 17.2 Å². The lowest BCUT2D eigenvalue weighted by Gasteiger charge is -2.16. The second-order valence-electron chi connectivity index (χ2n) is 3.87. The number of hydrogen-bond donors (Lipinski definition) is 2. The van der Waals surface area contributed by atoms with Gasteiger partial charge in [0.1, 0.15) is 0 Å². The van der Waals surface area contributed by atoms with E-state index in [2.05, 4.69) is 15.3 Å². The highest BCUT2D eigenvalue weighted by atomic mass is 16.3. The molecule has 0 radical (unpaired) electrons. The number of aliphatic hydroxyl groups excluding tert-OH is 1. The van der Waals surface area contributed by atoms with Crippen molar-refractivity contribution in [3.8, 4) is 0 Å². The molecule has 0 saturated carbocycles. The van der Waals surface area contributed by atoms with Crippen molar-refractivity contribution in [2.45, 2.75) is 13.0 Å². The molecule has 1 aromatic carbocycles.